The van der Waals surface area contributed by atoms with Crippen LogP contribution in [0.15, 0.2) is 59.6 Å². The molecular formula is C18H16FN3OS. The molecule has 0 saturated heterocycles. The number of hydrogen-bond donors (Lipinski definition) is 1. The lowest BCUT2D eigenvalue weighted by atomic mass is 10.2. The predicted octanol–water partition coefficient (Wildman–Crippen LogP) is 4.29. The van der Waals surface area contributed by atoms with E-state index in [4.69, 9.17) is 0 Å². The summed E-state index contributed by atoms with van der Waals surface area (Å²) in [6.45, 7) is 1.81. The van der Waals surface area contributed by atoms with E-state index in [9.17, 15) is 9.18 Å². The number of carbonyl (C=O) groups is 1. The van der Waals surface area contributed by atoms with Crippen LogP contribution in [0.4, 0.5) is 10.1 Å². The van der Waals surface area contributed by atoms with Gasteiger partial charge in [-0.3, -0.25) is 4.79 Å². The lowest BCUT2D eigenvalue weighted by molar-refractivity contribution is 0.102. The van der Waals surface area contributed by atoms with Crippen LogP contribution in [0.25, 0.3) is 5.69 Å². The van der Waals surface area contributed by atoms with E-state index in [0.29, 0.717) is 16.9 Å². The number of rotatable bonds is 4. The maximum absolute atomic E-state index is 13.0. The Kier molecular flexibility index (Phi) is 4.66. The Morgan fingerprint density at radius 2 is 1.96 bits per heavy atom. The molecule has 0 bridgehead atoms. The number of amides is 1. The molecule has 0 aliphatic rings. The fraction of sp³-hybridized carbons (Fsp3) is 0.111. The first-order chi connectivity index (χ1) is 11.6. The summed E-state index contributed by atoms with van der Waals surface area (Å²) in [5.41, 5.74) is 2.62. The van der Waals surface area contributed by atoms with Crippen molar-refractivity contribution in [2.75, 3.05) is 11.6 Å². The number of halogens is 1. The minimum Gasteiger partial charge on any atom is -0.322 e. The number of nitrogens with one attached hydrogen (secondary N) is 1. The zero-order valence-electron chi connectivity index (χ0n) is 13.3. The van der Waals surface area contributed by atoms with Crippen molar-refractivity contribution >= 4 is 23.4 Å². The van der Waals surface area contributed by atoms with Crippen molar-refractivity contribution in [1.82, 2.24) is 9.78 Å². The summed E-state index contributed by atoms with van der Waals surface area (Å²) in [7, 11) is 0. The van der Waals surface area contributed by atoms with Crippen molar-refractivity contribution in [3.63, 3.8) is 0 Å². The van der Waals surface area contributed by atoms with Gasteiger partial charge >= 0.3 is 0 Å². The van der Waals surface area contributed by atoms with Crippen molar-refractivity contribution in [3.8, 4) is 5.69 Å². The van der Waals surface area contributed by atoms with Crippen LogP contribution in [0.1, 0.15) is 16.1 Å². The first kappa shape index (κ1) is 16.3. The van der Waals surface area contributed by atoms with Gasteiger partial charge in [0.05, 0.1) is 23.1 Å². The fourth-order valence-electron chi connectivity index (χ4n) is 2.37. The Labute approximate surface area is 143 Å². The third-order valence-electron chi connectivity index (χ3n) is 3.65. The van der Waals surface area contributed by atoms with E-state index in [0.717, 1.165) is 10.6 Å². The molecule has 0 aliphatic carbocycles. The molecule has 1 heterocycles. The van der Waals surface area contributed by atoms with Crippen molar-refractivity contribution in [2.45, 2.75) is 11.8 Å². The van der Waals surface area contributed by atoms with E-state index >= 15 is 0 Å². The summed E-state index contributed by atoms with van der Waals surface area (Å²) in [6.07, 6.45) is 3.50. The molecule has 0 saturated carbocycles. The summed E-state index contributed by atoms with van der Waals surface area (Å²) in [4.78, 5) is 13.6. The van der Waals surface area contributed by atoms with Crippen molar-refractivity contribution < 1.29 is 9.18 Å². The van der Waals surface area contributed by atoms with E-state index in [2.05, 4.69) is 10.4 Å². The number of nitrogens with zero attached hydrogens (tertiary/aromatic N) is 2. The number of carbonyl (C=O) groups excluding carboxylic acids is 1. The molecular weight excluding hydrogens is 325 g/mol. The van der Waals surface area contributed by atoms with Gasteiger partial charge < -0.3 is 5.32 Å². The van der Waals surface area contributed by atoms with Crippen molar-refractivity contribution in [1.29, 1.82) is 0 Å². The van der Waals surface area contributed by atoms with E-state index < -0.39 is 0 Å². The Morgan fingerprint density at radius 3 is 2.67 bits per heavy atom. The Balaban J connectivity index is 1.84. The molecule has 4 nitrogen and oxygen atoms in total. The quantitative estimate of drug-likeness (QED) is 0.720. The largest absolute Gasteiger partial charge is 0.322 e. The molecule has 6 heteroatoms. The molecule has 1 aromatic heterocycles. The minimum absolute atomic E-state index is 0.223. The highest BCUT2D eigenvalue weighted by Gasteiger charge is 2.15. The van der Waals surface area contributed by atoms with E-state index in [1.807, 2.05) is 37.4 Å². The second-order valence-electron chi connectivity index (χ2n) is 5.22. The number of aromatic nitrogens is 2. The molecule has 0 spiro atoms. The monoisotopic (exact) mass is 341 g/mol. The molecule has 1 N–H and O–H groups in total. The van der Waals surface area contributed by atoms with Gasteiger partial charge in [0, 0.05) is 10.6 Å². The first-order valence-corrected chi connectivity index (χ1v) is 8.57. The second-order valence-corrected chi connectivity index (χ2v) is 6.10. The van der Waals surface area contributed by atoms with Crippen LogP contribution in [0.5, 0.6) is 0 Å². The van der Waals surface area contributed by atoms with Gasteiger partial charge in [-0.15, -0.1) is 11.8 Å². The molecule has 122 valence electrons. The topological polar surface area (TPSA) is 46.9 Å². The first-order valence-electron chi connectivity index (χ1n) is 7.34. The molecule has 0 aliphatic heterocycles. The maximum Gasteiger partial charge on any atom is 0.259 e. The van der Waals surface area contributed by atoms with Gasteiger partial charge in [-0.25, -0.2) is 9.07 Å². The maximum atomic E-state index is 13.0. The van der Waals surface area contributed by atoms with Gasteiger partial charge in [0.25, 0.3) is 5.91 Å². The van der Waals surface area contributed by atoms with Crippen LogP contribution in [-0.4, -0.2) is 21.9 Å². The molecule has 2 aromatic carbocycles. The number of thioether (sulfide) groups is 1. The zero-order chi connectivity index (χ0) is 17.1. The molecule has 0 fully saturated rings. The zero-order valence-corrected chi connectivity index (χ0v) is 14.1. The molecule has 0 unspecified atom stereocenters. The lowest BCUT2D eigenvalue weighted by Crippen LogP contribution is -2.13. The summed E-state index contributed by atoms with van der Waals surface area (Å²) < 4.78 is 14.7. The number of benzene rings is 2. The third-order valence-corrected chi connectivity index (χ3v) is 4.38. The second kappa shape index (κ2) is 6.88. The van der Waals surface area contributed by atoms with Gasteiger partial charge in [-0.2, -0.15) is 5.10 Å². The summed E-state index contributed by atoms with van der Waals surface area (Å²) in [5, 5.41) is 7.12. The summed E-state index contributed by atoms with van der Waals surface area (Å²) in [6, 6.07) is 13.6. The van der Waals surface area contributed by atoms with Crippen molar-refractivity contribution in [2.24, 2.45) is 0 Å². The number of hydrogen-bond acceptors (Lipinski definition) is 3. The Bertz CT molecular complexity index is 874. The van der Waals surface area contributed by atoms with Crippen LogP contribution in [0.3, 0.4) is 0 Å². The molecule has 0 atom stereocenters. The van der Waals surface area contributed by atoms with Crippen LogP contribution in [0, 0.1) is 12.7 Å². The average molecular weight is 341 g/mol. The minimum atomic E-state index is -0.310. The summed E-state index contributed by atoms with van der Waals surface area (Å²) in [5.74, 6) is -0.533. The Hall–Kier alpha value is -2.60. The van der Waals surface area contributed by atoms with E-state index in [-0.39, 0.29) is 11.7 Å². The molecule has 0 radical (unpaired) electrons. The fourth-order valence-corrected chi connectivity index (χ4v) is 2.83. The lowest BCUT2D eigenvalue weighted by Gasteiger charge is -2.07. The molecule has 3 rings (SSSR count). The van der Waals surface area contributed by atoms with Gasteiger partial charge in [0.15, 0.2) is 0 Å². The highest BCUT2D eigenvalue weighted by molar-refractivity contribution is 7.98. The van der Waals surface area contributed by atoms with Crippen LogP contribution < -0.4 is 5.32 Å². The van der Waals surface area contributed by atoms with Gasteiger partial charge in [-0.1, -0.05) is 6.07 Å². The third kappa shape index (κ3) is 3.33. The van der Waals surface area contributed by atoms with Crippen LogP contribution in [-0.2, 0) is 0 Å². The normalized spacial score (nSPS) is 10.6. The van der Waals surface area contributed by atoms with Gasteiger partial charge in [-0.05, 0) is 55.6 Å². The summed E-state index contributed by atoms with van der Waals surface area (Å²) >= 11 is 1.61. The van der Waals surface area contributed by atoms with E-state index in [1.165, 1.54) is 18.3 Å². The SMILES string of the molecule is CSc1cccc(NC(=O)c2cnn(-c3ccc(F)cc3)c2C)c1. The number of anilines is 1. The van der Waals surface area contributed by atoms with Crippen LogP contribution in [0.2, 0.25) is 0 Å². The van der Waals surface area contributed by atoms with E-state index in [1.54, 1.807) is 28.6 Å². The average Bonchev–Trinajstić information content (AvgIpc) is 2.97. The highest BCUT2D eigenvalue weighted by atomic mass is 32.2. The highest BCUT2D eigenvalue weighted by Crippen LogP contribution is 2.20. The molecule has 24 heavy (non-hydrogen) atoms. The smallest absolute Gasteiger partial charge is 0.259 e. The molecule has 1 amide bonds. The van der Waals surface area contributed by atoms with Crippen LogP contribution >= 0.6 is 11.8 Å². The predicted molar refractivity (Wildman–Crippen MR) is 94.4 cm³/mol. The standard InChI is InChI=1S/C18H16FN3OS/c1-12-17(11-20-22(12)15-8-6-13(19)7-9-15)18(23)21-14-4-3-5-16(10-14)24-2/h3-11H,1-2H3,(H,21,23). The van der Waals surface area contributed by atoms with Gasteiger partial charge in [0.2, 0.25) is 0 Å². The van der Waals surface area contributed by atoms with Gasteiger partial charge in [0.1, 0.15) is 5.82 Å². The molecule has 3 aromatic rings. The van der Waals surface area contributed by atoms with Crippen molar-refractivity contribution in [3.05, 3.63) is 71.8 Å². The Morgan fingerprint density at radius 1 is 1.21 bits per heavy atom.